The first-order valence-electron chi connectivity index (χ1n) is 8.69. The van der Waals surface area contributed by atoms with Crippen LogP contribution in [0.5, 0.6) is 0 Å². The summed E-state index contributed by atoms with van der Waals surface area (Å²) in [6, 6.07) is 0.453. The maximum Gasteiger partial charge on any atom is 0.124 e. The van der Waals surface area contributed by atoms with E-state index >= 15 is 0 Å². The molecule has 0 radical (unpaired) electrons. The van der Waals surface area contributed by atoms with Gasteiger partial charge in [-0.25, -0.2) is 9.98 Å². The molecule has 0 aromatic carbocycles. The van der Waals surface area contributed by atoms with E-state index in [1.54, 1.807) is 18.5 Å². The van der Waals surface area contributed by atoms with Crippen molar-refractivity contribution in [2.45, 2.75) is 44.7 Å². The fourth-order valence-electron chi connectivity index (χ4n) is 2.59. The maximum atomic E-state index is 5.92. The van der Waals surface area contributed by atoms with Gasteiger partial charge < -0.3 is 21.4 Å². The summed E-state index contributed by atoms with van der Waals surface area (Å²) < 4.78 is 0. The molecule has 2 rings (SSSR count). The second-order valence-corrected chi connectivity index (χ2v) is 5.60. The molecule has 1 aliphatic heterocycles. The van der Waals surface area contributed by atoms with Crippen molar-refractivity contribution in [3.8, 4) is 11.8 Å². The van der Waals surface area contributed by atoms with E-state index in [2.05, 4.69) is 57.5 Å². The number of amidine groups is 1. The van der Waals surface area contributed by atoms with E-state index in [0.29, 0.717) is 5.84 Å². The Morgan fingerprint density at radius 3 is 3.04 bits per heavy atom. The standard InChI is InChI=1S/C17H26N6.C2H4/c1-3-7-15(19-2)17-22-12-13(23-17)8-4-5-10-21-16(18)14-9-6-11-20-14;1-2/h5,10,12,14-15,19-20H,3,6-7,9,11H2,1-2H3,(H2,18,21)(H,22,23);1-2H2/b10-5+;/t14-,15-;/m0./s1. The van der Waals surface area contributed by atoms with Crippen molar-refractivity contribution in [2.24, 2.45) is 10.7 Å². The lowest BCUT2D eigenvalue weighted by Gasteiger charge is -2.11. The van der Waals surface area contributed by atoms with E-state index in [1.165, 1.54) is 0 Å². The molecule has 2 atom stereocenters. The zero-order valence-electron chi connectivity index (χ0n) is 15.3. The molecule has 6 heteroatoms. The smallest absolute Gasteiger partial charge is 0.124 e. The molecule has 0 aliphatic carbocycles. The maximum absolute atomic E-state index is 5.92. The van der Waals surface area contributed by atoms with Gasteiger partial charge in [0.1, 0.15) is 17.4 Å². The van der Waals surface area contributed by atoms with Gasteiger partial charge in [-0.1, -0.05) is 19.3 Å². The van der Waals surface area contributed by atoms with Crippen LogP contribution in [0.25, 0.3) is 0 Å². The quantitative estimate of drug-likeness (QED) is 0.276. The van der Waals surface area contributed by atoms with Gasteiger partial charge in [0, 0.05) is 12.3 Å². The van der Waals surface area contributed by atoms with Crippen LogP contribution in [0.15, 0.2) is 36.6 Å². The number of hydrogen-bond donors (Lipinski definition) is 4. The highest BCUT2D eigenvalue weighted by molar-refractivity contribution is 5.86. The number of imidazole rings is 1. The molecule has 1 aromatic rings. The molecule has 5 N–H and O–H groups in total. The van der Waals surface area contributed by atoms with Crippen LogP contribution in [-0.4, -0.2) is 35.4 Å². The summed E-state index contributed by atoms with van der Waals surface area (Å²) in [5, 5.41) is 6.56. The van der Waals surface area contributed by atoms with Crippen molar-refractivity contribution < 1.29 is 0 Å². The average molecular weight is 342 g/mol. The third-order valence-corrected chi connectivity index (χ3v) is 3.86. The van der Waals surface area contributed by atoms with Gasteiger partial charge in [0.05, 0.1) is 18.3 Å². The van der Waals surface area contributed by atoms with E-state index in [4.69, 9.17) is 5.73 Å². The Kier molecular flexibility index (Phi) is 9.98. The third kappa shape index (κ3) is 6.96. The molecule has 2 heterocycles. The minimum absolute atomic E-state index is 0.208. The monoisotopic (exact) mass is 342 g/mol. The van der Waals surface area contributed by atoms with E-state index in [-0.39, 0.29) is 12.1 Å². The Hall–Kier alpha value is -2.36. The summed E-state index contributed by atoms with van der Waals surface area (Å²) in [7, 11) is 1.94. The number of rotatable bonds is 6. The molecule has 1 fully saturated rings. The number of aliphatic imine (C=N–C) groups is 1. The fourth-order valence-corrected chi connectivity index (χ4v) is 2.59. The minimum Gasteiger partial charge on any atom is -0.386 e. The summed E-state index contributed by atoms with van der Waals surface area (Å²) in [4.78, 5) is 11.8. The van der Waals surface area contributed by atoms with Gasteiger partial charge in [-0.2, -0.15) is 0 Å². The number of nitrogens with one attached hydrogen (secondary N) is 3. The van der Waals surface area contributed by atoms with Gasteiger partial charge in [-0.15, -0.1) is 13.2 Å². The largest absolute Gasteiger partial charge is 0.386 e. The Balaban J connectivity index is 0.00000151. The molecule has 1 aromatic heterocycles. The average Bonchev–Trinajstić information content (AvgIpc) is 3.33. The zero-order valence-corrected chi connectivity index (χ0v) is 15.3. The van der Waals surface area contributed by atoms with Crippen molar-refractivity contribution in [3.63, 3.8) is 0 Å². The van der Waals surface area contributed by atoms with E-state index < -0.39 is 0 Å². The molecule has 1 aliphatic rings. The van der Waals surface area contributed by atoms with Crippen LogP contribution in [-0.2, 0) is 0 Å². The van der Waals surface area contributed by atoms with Gasteiger partial charge in [-0.3, -0.25) is 0 Å². The first-order chi connectivity index (χ1) is 12.2. The van der Waals surface area contributed by atoms with Crippen LogP contribution in [0.1, 0.15) is 50.2 Å². The molecule has 0 amide bonds. The zero-order chi connectivity index (χ0) is 18.5. The number of nitrogens with zero attached hydrogens (tertiary/aromatic N) is 2. The Morgan fingerprint density at radius 1 is 1.60 bits per heavy atom. The minimum atomic E-state index is 0.208. The van der Waals surface area contributed by atoms with Crippen LogP contribution in [0.3, 0.4) is 0 Å². The molecular weight excluding hydrogens is 312 g/mol. The number of allylic oxidation sites excluding steroid dienone is 1. The lowest BCUT2D eigenvalue weighted by molar-refractivity contribution is 0.518. The molecule has 136 valence electrons. The van der Waals surface area contributed by atoms with Gasteiger partial charge in [0.2, 0.25) is 0 Å². The van der Waals surface area contributed by atoms with Crippen LogP contribution in [0.4, 0.5) is 0 Å². The fraction of sp³-hybridized carbons (Fsp3) is 0.474. The summed E-state index contributed by atoms with van der Waals surface area (Å²) in [5.41, 5.74) is 6.72. The first kappa shape index (κ1) is 20.7. The van der Waals surface area contributed by atoms with Crippen molar-refractivity contribution in [3.05, 3.63) is 43.1 Å². The SMILES string of the molecule is C=C.CCC[C@H](NC)c1ncc(C#C/C=C/N=C(N)[C@@H]2CCCN2)[nH]1. The number of aromatic amines is 1. The van der Waals surface area contributed by atoms with Crippen LogP contribution in [0.2, 0.25) is 0 Å². The molecular formula is C19H30N6. The summed E-state index contributed by atoms with van der Waals surface area (Å²) >= 11 is 0. The first-order valence-corrected chi connectivity index (χ1v) is 8.69. The highest BCUT2D eigenvalue weighted by Crippen LogP contribution is 2.14. The van der Waals surface area contributed by atoms with E-state index in [1.807, 2.05) is 7.05 Å². The number of H-pyrrole nitrogens is 1. The van der Waals surface area contributed by atoms with Crippen molar-refractivity contribution in [1.82, 2.24) is 20.6 Å². The predicted octanol–water partition coefficient (Wildman–Crippen LogP) is 2.25. The second kappa shape index (κ2) is 12.1. The molecule has 0 unspecified atom stereocenters. The Labute approximate surface area is 151 Å². The van der Waals surface area contributed by atoms with Crippen LogP contribution in [0, 0.1) is 11.8 Å². The van der Waals surface area contributed by atoms with Crippen LogP contribution >= 0.6 is 0 Å². The normalized spacial score (nSPS) is 18.3. The second-order valence-electron chi connectivity index (χ2n) is 5.60. The highest BCUT2D eigenvalue weighted by atomic mass is 15.0. The van der Waals surface area contributed by atoms with Gasteiger partial charge >= 0.3 is 0 Å². The molecule has 25 heavy (non-hydrogen) atoms. The summed E-state index contributed by atoms with van der Waals surface area (Å²) in [6.45, 7) is 9.17. The van der Waals surface area contributed by atoms with Crippen LogP contribution < -0.4 is 16.4 Å². The molecule has 0 bridgehead atoms. The predicted molar refractivity (Wildman–Crippen MR) is 105 cm³/mol. The lowest BCUT2D eigenvalue weighted by Crippen LogP contribution is -2.36. The van der Waals surface area contributed by atoms with Crippen molar-refractivity contribution in [2.75, 3.05) is 13.6 Å². The van der Waals surface area contributed by atoms with Crippen molar-refractivity contribution in [1.29, 1.82) is 0 Å². The Bertz CT molecular complexity index is 613. The van der Waals surface area contributed by atoms with E-state index in [9.17, 15) is 0 Å². The molecule has 0 saturated carbocycles. The molecule has 6 nitrogen and oxygen atoms in total. The number of nitrogens with two attached hydrogens (primary N) is 1. The van der Waals surface area contributed by atoms with E-state index in [0.717, 1.165) is 43.7 Å². The Morgan fingerprint density at radius 2 is 2.40 bits per heavy atom. The van der Waals surface area contributed by atoms with Crippen molar-refractivity contribution >= 4 is 5.84 Å². The van der Waals surface area contributed by atoms with Gasteiger partial charge in [0.25, 0.3) is 0 Å². The summed E-state index contributed by atoms with van der Waals surface area (Å²) in [5.74, 6) is 7.52. The highest BCUT2D eigenvalue weighted by Gasteiger charge is 2.16. The van der Waals surface area contributed by atoms with Gasteiger partial charge in [0.15, 0.2) is 0 Å². The number of aromatic nitrogens is 2. The molecule has 1 saturated heterocycles. The number of hydrogen-bond acceptors (Lipinski definition) is 4. The van der Waals surface area contributed by atoms with Gasteiger partial charge in [-0.05, 0) is 38.8 Å². The topological polar surface area (TPSA) is 91.1 Å². The molecule has 0 spiro atoms. The third-order valence-electron chi connectivity index (χ3n) is 3.86. The summed E-state index contributed by atoms with van der Waals surface area (Å²) in [6.07, 6.45) is 9.45. The lowest BCUT2D eigenvalue weighted by atomic mass is 10.1.